The number of hydrogen-bond donors (Lipinski definition) is 2. The van der Waals surface area contributed by atoms with Gasteiger partial charge in [0.2, 0.25) is 5.95 Å². The zero-order chi connectivity index (χ0) is 25.5. The van der Waals surface area contributed by atoms with Gasteiger partial charge in [-0.3, -0.25) is 9.36 Å². The molecule has 190 valence electrons. The minimum Gasteiger partial charge on any atom is -0.489 e. The molecule has 0 amide bonds. The Balaban J connectivity index is 1.11. The van der Waals surface area contributed by atoms with Gasteiger partial charge in [-0.2, -0.15) is 0 Å². The molecule has 0 aliphatic heterocycles. The third-order valence-corrected chi connectivity index (χ3v) is 7.16. The van der Waals surface area contributed by atoms with E-state index in [2.05, 4.69) is 25.6 Å². The maximum absolute atomic E-state index is 12.7. The van der Waals surface area contributed by atoms with E-state index in [4.69, 9.17) is 4.74 Å². The fourth-order valence-corrected chi connectivity index (χ4v) is 4.77. The van der Waals surface area contributed by atoms with E-state index in [1.807, 2.05) is 61.1 Å². The Labute approximate surface area is 220 Å². The maximum Gasteiger partial charge on any atom is 0.258 e. The van der Waals surface area contributed by atoms with E-state index in [0.717, 1.165) is 42.1 Å². The van der Waals surface area contributed by atoms with Crippen LogP contribution in [0.25, 0.3) is 5.69 Å². The summed E-state index contributed by atoms with van der Waals surface area (Å²) in [5.74, 6) is 2.59. The summed E-state index contributed by atoms with van der Waals surface area (Å²) in [6, 6.07) is 17.4. The van der Waals surface area contributed by atoms with Gasteiger partial charge in [0.1, 0.15) is 18.2 Å². The van der Waals surface area contributed by atoms with Crippen LogP contribution >= 0.6 is 11.8 Å². The lowest BCUT2D eigenvalue weighted by atomic mass is 10.1. The van der Waals surface area contributed by atoms with Crippen molar-refractivity contribution in [2.75, 3.05) is 23.4 Å². The van der Waals surface area contributed by atoms with E-state index in [1.165, 1.54) is 6.07 Å². The summed E-state index contributed by atoms with van der Waals surface area (Å²) in [5, 5.41) is 6.90. The summed E-state index contributed by atoms with van der Waals surface area (Å²) in [6.45, 7) is 1.27. The van der Waals surface area contributed by atoms with Crippen LogP contribution in [0.3, 0.4) is 0 Å². The third-order valence-electron chi connectivity index (χ3n) is 6.48. The molecule has 4 aromatic rings. The Morgan fingerprint density at radius 2 is 1.86 bits per heavy atom. The smallest absolute Gasteiger partial charge is 0.258 e. The topological polar surface area (TPSA) is 94.0 Å². The van der Waals surface area contributed by atoms with Crippen LogP contribution in [0.4, 0.5) is 11.8 Å². The first-order valence-corrected chi connectivity index (χ1v) is 13.6. The van der Waals surface area contributed by atoms with Gasteiger partial charge in [-0.25, -0.2) is 15.0 Å². The number of benzene rings is 1. The molecule has 37 heavy (non-hydrogen) atoms. The molecule has 0 bridgehead atoms. The number of pyridine rings is 2. The Morgan fingerprint density at radius 1 is 1.03 bits per heavy atom. The largest absolute Gasteiger partial charge is 0.489 e. The number of thioether (sulfide) groups is 1. The first kappa shape index (κ1) is 24.8. The van der Waals surface area contributed by atoms with Gasteiger partial charge in [0.15, 0.2) is 0 Å². The van der Waals surface area contributed by atoms with Crippen LogP contribution in [0.1, 0.15) is 24.8 Å². The summed E-state index contributed by atoms with van der Waals surface area (Å²) in [6.07, 6.45) is 12.5. The quantitative estimate of drug-likeness (QED) is 0.285. The number of ether oxygens (including phenoxy) is 1. The van der Waals surface area contributed by atoms with E-state index < -0.39 is 0 Å². The highest BCUT2D eigenvalue weighted by molar-refractivity contribution is 7.98. The molecule has 1 fully saturated rings. The average Bonchev–Trinajstić information content (AvgIpc) is 3.39. The summed E-state index contributed by atoms with van der Waals surface area (Å²) in [5.41, 5.74) is 1.60. The van der Waals surface area contributed by atoms with Gasteiger partial charge in [-0.05, 0) is 55.2 Å². The van der Waals surface area contributed by atoms with Gasteiger partial charge in [0.25, 0.3) is 5.56 Å². The van der Waals surface area contributed by atoms with E-state index in [1.54, 1.807) is 34.8 Å². The molecular formula is C28H30N6O2S. The van der Waals surface area contributed by atoms with Crippen molar-refractivity contribution in [1.29, 1.82) is 0 Å². The lowest BCUT2D eigenvalue weighted by Crippen LogP contribution is -2.19. The number of nitrogens with zero attached hydrogens (tertiary/aromatic N) is 4. The third kappa shape index (κ3) is 6.68. The number of hydrogen-bond acceptors (Lipinski definition) is 8. The fraction of sp³-hybridized carbons (Fsp3) is 0.286. The van der Waals surface area contributed by atoms with Crippen LogP contribution in [0.5, 0.6) is 5.75 Å². The highest BCUT2D eigenvalue weighted by atomic mass is 32.2. The standard InChI is InChI=1S/C28H30N6O2S/c1-37-25-17-31-28(32-18-25)33-22-8-7-21(13-22)15-29-26-10-9-23(16-30-26)34-12-11-24(14-27(34)35)36-19-20-5-3-2-4-6-20/h2-6,9-12,14,16-18,21-22H,7-8,13,15,19H2,1H3,(H,29,30)(H,31,32,33)/t21-,22-/m0/s1. The Hall–Kier alpha value is -3.85. The van der Waals surface area contributed by atoms with Gasteiger partial charge < -0.3 is 15.4 Å². The van der Waals surface area contributed by atoms with Crippen molar-refractivity contribution in [3.63, 3.8) is 0 Å². The zero-order valence-electron chi connectivity index (χ0n) is 20.7. The van der Waals surface area contributed by atoms with Crippen LogP contribution < -0.4 is 20.9 Å². The molecule has 3 heterocycles. The first-order valence-electron chi connectivity index (χ1n) is 12.4. The molecule has 5 rings (SSSR count). The second-order valence-electron chi connectivity index (χ2n) is 9.09. The normalized spacial score (nSPS) is 16.9. The minimum atomic E-state index is -0.162. The van der Waals surface area contributed by atoms with Crippen LogP contribution in [-0.2, 0) is 6.61 Å². The van der Waals surface area contributed by atoms with Crippen molar-refractivity contribution in [3.05, 3.63) is 95.3 Å². The number of anilines is 2. The van der Waals surface area contributed by atoms with Gasteiger partial charge in [0.05, 0.1) is 11.9 Å². The molecule has 3 aromatic heterocycles. The molecule has 2 atom stereocenters. The molecule has 0 radical (unpaired) electrons. The van der Waals surface area contributed by atoms with Crippen LogP contribution in [0.2, 0.25) is 0 Å². The molecule has 9 heteroatoms. The summed E-state index contributed by atoms with van der Waals surface area (Å²) < 4.78 is 7.33. The second-order valence-corrected chi connectivity index (χ2v) is 9.97. The highest BCUT2D eigenvalue weighted by Crippen LogP contribution is 2.28. The van der Waals surface area contributed by atoms with Crippen LogP contribution in [-0.4, -0.2) is 38.4 Å². The van der Waals surface area contributed by atoms with E-state index in [-0.39, 0.29) is 5.56 Å². The minimum absolute atomic E-state index is 0.162. The van der Waals surface area contributed by atoms with E-state index in [0.29, 0.717) is 36.0 Å². The van der Waals surface area contributed by atoms with E-state index >= 15 is 0 Å². The molecule has 1 saturated carbocycles. The summed E-state index contributed by atoms with van der Waals surface area (Å²) in [7, 11) is 0. The SMILES string of the molecule is CSc1cnc(N[C@H]2CC[C@H](CNc3ccc(-n4ccc(OCc5ccccc5)cc4=O)cn3)C2)nc1. The molecule has 1 aliphatic carbocycles. The van der Waals surface area contributed by atoms with Crippen molar-refractivity contribution in [2.24, 2.45) is 5.92 Å². The lowest BCUT2D eigenvalue weighted by Gasteiger charge is -2.14. The highest BCUT2D eigenvalue weighted by Gasteiger charge is 2.25. The first-order chi connectivity index (χ1) is 18.2. The van der Waals surface area contributed by atoms with Gasteiger partial charge in [0, 0.05) is 42.1 Å². The monoisotopic (exact) mass is 514 g/mol. The number of nitrogens with one attached hydrogen (secondary N) is 2. The van der Waals surface area contributed by atoms with Crippen molar-refractivity contribution in [1.82, 2.24) is 19.5 Å². The Morgan fingerprint density at radius 3 is 2.59 bits per heavy atom. The maximum atomic E-state index is 12.7. The molecule has 1 aliphatic rings. The second kappa shape index (κ2) is 11.9. The van der Waals surface area contributed by atoms with Crippen LogP contribution in [0.15, 0.2) is 89.1 Å². The number of aromatic nitrogens is 4. The predicted molar refractivity (Wildman–Crippen MR) is 148 cm³/mol. The molecule has 0 spiro atoms. The molecule has 1 aromatic carbocycles. The Bertz CT molecular complexity index is 1350. The van der Waals surface area contributed by atoms with Crippen molar-refractivity contribution < 1.29 is 4.74 Å². The van der Waals surface area contributed by atoms with Crippen molar-refractivity contribution in [3.8, 4) is 11.4 Å². The van der Waals surface area contributed by atoms with E-state index in [9.17, 15) is 4.79 Å². The van der Waals surface area contributed by atoms with Gasteiger partial charge in [-0.1, -0.05) is 30.3 Å². The van der Waals surface area contributed by atoms with Gasteiger partial charge >= 0.3 is 0 Å². The van der Waals surface area contributed by atoms with Crippen LogP contribution in [0, 0.1) is 5.92 Å². The zero-order valence-corrected chi connectivity index (χ0v) is 21.5. The Kier molecular flexibility index (Phi) is 8.00. The van der Waals surface area contributed by atoms with Gasteiger partial charge in [-0.15, -0.1) is 11.8 Å². The molecule has 8 nitrogen and oxygen atoms in total. The molecule has 0 unspecified atom stereocenters. The average molecular weight is 515 g/mol. The number of rotatable bonds is 10. The molecule has 2 N–H and O–H groups in total. The fourth-order valence-electron chi connectivity index (χ4n) is 4.46. The predicted octanol–water partition coefficient (Wildman–Crippen LogP) is 5.02. The summed E-state index contributed by atoms with van der Waals surface area (Å²) in [4.78, 5) is 27.0. The summed E-state index contributed by atoms with van der Waals surface area (Å²) >= 11 is 1.64. The molecule has 0 saturated heterocycles. The van der Waals surface area contributed by atoms with Crippen molar-refractivity contribution in [2.45, 2.75) is 36.8 Å². The van der Waals surface area contributed by atoms with Crippen molar-refractivity contribution >= 4 is 23.5 Å². The lowest BCUT2D eigenvalue weighted by molar-refractivity contribution is 0.305. The molecular weight excluding hydrogens is 484 g/mol.